The fourth-order valence-corrected chi connectivity index (χ4v) is 5.58. The average Bonchev–Trinajstić information content (AvgIpc) is 3.15. The highest BCUT2D eigenvalue weighted by atomic mass is 16.5. The number of carbonyl (C=O) groups excluding carboxylic acids is 2. The number of benzene rings is 1. The third-order valence-corrected chi connectivity index (χ3v) is 7.16. The molecular formula is C27H28N4O5. The molecule has 2 aromatic heterocycles. The van der Waals surface area contributed by atoms with Crippen LogP contribution in [0.3, 0.4) is 0 Å². The quantitative estimate of drug-likeness (QED) is 0.519. The maximum Gasteiger partial charge on any atom is 0.258 e. The topological polar surface area (TPSA) is 114 Å². The minimum atomic E-state index is -0.736. The number of hydrogen-bond donors (Lipinski definition) is 2. The van der Waals surface area contributed by atoms with E-state index in [9.17, 15) is 19.5 Å². The summed E-state index contributed by atoms with van der Waals surface area (Å²) in [4.78, 5) is 46.1. The second kappa shape index (κ2) is 10.0. The SMILES string of the molecule is COCC(=O)N1[C@@H]2c3ccc(-c4ccccc4)c(=O)n3C[C@H]1[C@H](CO)[C@H]2C(=O)NCc1ccccn1. The van der Waals surface area contributed by atoms with Crippen molar-refractivity contribution < 1.29 is 19.4 Å². The summed E-state index contributed by atoms with van der Waals surface area (Å²) in [7, 11) is 1.44. The summed E-state index contributed by atoms with van der Waals surface area (Å²) in [5, 5.41) is 13.3. The van der Waals surface area contributed by atoms with Crippen LogP contribution in [0.15, 0.2) is 71.7 Å². The third-order valence-electron chi connectivity index (χ3n) is 7.16. The Morgan fingerprint density at radius 2 is 1.89 bits per heavy atom. The number of methoxy groups -OCH3 is 1. The summed E-state index contributed by atoms with van der Waals surface area (Å²) in [6.45, 7) is -0.0405. The lowest BCUT2D eigenvalue weighted by atomic mass is 9.86. The molecule has 1 aromatic carbocycles. The van der Waals surface area contributed by atoms with Gasteiger partial charge >= 0.3 is 0 Å². The zero-order chi connectivity index (χ0) is 25.2. The van der Waals surface area contributed by atoms with Gasteiger partial charge in [-0.3, -0.25) is 19.4 Å². The number of aliphatic hydroxyl groups excluding tert-OH is 1. The van der Waals surface area contributed by atoms with Crippen molar-refractivity contribution >= 4 is 11.8 Å². The Kier molecular flexibility index (Phi) is 6.67. The summed E-state index contributed by atoms with van der Waals surface area (Å²) in [5.41, 5.74) is 2.44. The molecule has 2 bridgehead atoms. The highest BCUT2D eigenvalue weighted by Gasteiger charge is 2.57. The van der Waals surface area contributed by atoms with Crippen molar-refractivity contribution in [1.29, 1.82) is 0 Å². The van der Waals surface area contributed by atoms with Crippen LogP contribution in [0.5, 0.6) is 0 Å². The first-order valence-corrected chi connectivity index (χ1v) is 11.9. The number of ether oxygens (including phenoxy) is 1. The minimum absolute atomic E-state index is 0.153. The number of fused-ring (bicyclic) bond motifs is 4. The molecule has 2 amide bonds. The van der Waals surface area contributed by atoms with Crippen molar-refractivity contribution in [3.05, 3.63) is 88.6 Å². The van der Waals surface area contributed by atoms with E-state index < -0.39 is 23.9 Å². The summed E-state index contributed by atoms with van der Waals surface area (Å²) in [6.07, 6.45) is 1.65. The Bertz CT molecular complexity index is 1310. The molecule has 36 heavy (non-hydrogen) atoms. The van der Waals surface area contributed by atoms with Crippen molar-refractivity contribution in [1.82, 2.24) is 19.8 Å². The fourth-order valence-electron chi connectivity index (χ4n) is 5.58. The predicted octanol–water partition coefficient (Wildman–Crippen LogP) is 1.36. The number of carbonyl (C=O) groups is 2. The van der Waals surface area contributed by atoms with Gasteiger partial charge in [-0.05, 0) is 29.8 Å². The van der Waals surface area contributed by atoms with E-state index in [1.165, 1.54) is 7.11 Å². The van der Waals surface area contributed by atoms with Gasteiger partial charge in [0, 0.05) is 43.6 Å². The normalized spacial score (nSPS) is 22.2. The first-order valence-electron chi connectivity index (χ1n) is 11.9. The molecule has 0 spiro atoms. The molecule has 5 rings (SSSR count). The zero-order valence-electron chi connectivity index (χ0n) is 19.9. The van der Waals surface area contributed by atoms with Gasteiger partial charge in [-0.25, -0.2) is 0 Å². The zero-order valence-corrected chi connectivity index (χ0v) is 19.9. The summed E-state index contributed by atoms with van der Waals surface area (Å²) < 4.78 is 6.76. The van der Waals surface area contributed by atoms with Crippen LogP contribution in [0.25, 0.3) is 11.1 Å². The van der Waals surface area contributed by atoms with E-state index in [0.29, 0.717) is 17.0 Å². The number of nitrogens with one attached hydrogen (secondary N) is 1. The van der Waals surface area contributed by atoms with Gasteiger partial charge in [0.15, 0.2) is 0 Å². The van der Waals surface area contributed by atoms with E-state index >= 15 is 0 Å². The molecule has 4 atom stereocenters. The van der Waals surface area contributed by atoms with Gasteiger partial charge in [0.2, 0.25) is 11.8 Å². The number of pyridine rings is 2. The smallest absolute Gasteiger partial charge is 0.258 e. The van der Waals surface area contributed by atoms with Crippen LogP contribution in [0, 0.1) is 11.8 Å². The molecule has 1 saturated heterocycles. The lowest BCUT2D eigenvalue weighted by Crippen LogP contribution is -2.50. The molecule has 0 saturated carbocycles. The van der Waals surface area contributed by atoms with E-state index in [1.807, 2.05) is 48.5 Å². The largest absolute Gasteiger partial charge is 0.396 e. The number of rotatable bonds is 7. The Hall–Kier alpha value is -3.82. The standard InChI is InChI=1S/C27H28N4O5/c1-36-16-23(33)31-22-14-30-21(11-10-19(27(30)35)17-7-3-2-4-8-17)25(31)24(20(22)15-32)26(34)29-13-18-9-5-6-12-28-18/h2-12,20,22,24-25,32H,13-16H2,1H3,(H,29,34)/t20-,22-,24+,25+/m0/s1. The minimum Gasteiger partial charge on any atom is -0.396 e. The summed E-state index contributed by atoms with van der Waals surface area (Å²) in [6, 6.07) is 17.2. The fraction of sp³-hybridized carbons (Fsp3) is 0.333. The molecule has 1 fully saturated rings. The number of amides is 2. The van der Waals surface area contributed by atoms with Crippen molar-refractivity contribution in [3.63, 3.8) is 0 Å². The van der Waals surface area contributed by atoms with Crippen LogP contribution in [-0.2, 0) is 27.4 Å². The molecule has 186 valence electrons. The Labute approximate surface area is 208 Å². The Balaban J connectivity index is 1.56. The monoisotopic (exact) mass is 488 g/mol. The van der Waals surface area contributed by atoms with E-state index in [1.54, 1.807) is 27.8 Å². The van der Waals surface area contributed by atoms with Gasteiger partial charge in [0.25, 0.3) is 5.56 Å². The predicted molar refractivity (Wildman–Crippen MR) is 132 cm³/mol. The van der Waals surface area contributed by atoms with Crippen LogP contribution >= 0.6 is 0 Å². The molecule has 9 nitrogen and oxygen atoms in total. The summed E-state index contributed by atoms with van der Waals surface area (Å²) >= 11 is 0. The van der Waals surface area contributed by atoms with Gasteiger partial charge in [-0.2, -0.15) is 0 Å². The molecule has 4 heterocycles. The van der Waals surface area contributed by atoms with Crippen LogP contribution in [0.2, 0.25) is 0 Å². The summed E-state index contributed by atoms with van der Waals surface area (Å²) in [5.74, 6) is -1.86. The number of aliphatic hydroxyl groups is 1. The highest BCUT2D eigenvalue weighted by molar-refractivity contribution is 5.85. The first kappa shape index (κ1) is 23.9. The second-order valence-corrected chi connectivity index (χ2v) is 9.11. The second-order valence-electron chi connectivity index (χ2n) is 9.11. The van der Waals surface area contributed by atoms with Crippen molar-refractivity contribution in [2.24, 2.45) is 11.8 Å². The van der Waals surface area contributed by atoms with Crippen LogP contribution < -0.4 is 10.9 Å². The first-order chi connectivity index (χ1) is 17.5. The molecule has 2 aliphatic heterocycles. The van der Waals surface area contributed by atoms with Gasteiger partial charge in [0.05, 0.1) is 30.2 Å². The van der Waals surface area contributed by atoms with Crippen molar-refractivity contribution in [3.8, 4) is 11.1 Å². The van der Waals surface area contributed by atoms with Gasteiger partial charge in [-0.1, -0.05) is 36.4 Å². The average molecular weight is 489 g/mol. The molecule has 3 aromatic rings. The van der Waals surface area contributed by atoms with E-state index in [-0.39, 0.29) is 43.7 Å². The maximum atomic E-state index is 13.6. The molecule has 9 heteroatoms. The number of nitrogens with zero attached hydrogens (tertiary/aromatic N) is 3. The Morgan fingerprint density at radius 1 is 1.11 bits per heavy atom. The lowest BCUT2D eigenvalue weighted by molar-refractivity contribution is -0.140. The van der Waals surface area contributed by atoms with Gasteiger partial charge in [-0.15, -0.1) is 0 Å². The van der Waals surface area contributed by atoms with Gasteiger partial charge < -0.3 is 24.6 Å². The Morgan fingerprint density at radius 3 is 2.58 bits per heavy atom. The highest BCUT2D eigenvalue weighted by Crippen LogP contribution is 2.48. The molecule has 0 radical (unpaired) electrons. The third kappa shape index (κ3) is 4.10. The van der Waals surface area contributed by atoms with Gasteiger partial charge in [0.1, 0.15) is 6.61 Å². The molecule has 0 aliphatic carbocycles. The number of hydrogen-bond acceptors (Lipinski definition) is 6. The van der Waals surface area contributed by atoms with E-state index in [0.717, 1.165) is 5.56 Å². The maximum absolute atomic E-state index is 13.6. The van der Waals surface area contributed by atoms with Crippen molar-refractivity contribution in [2.45, 2.75) is 25.2 Å². The molecule has 2 aliphatic rings. The van der Waals surface area contributed by atoms with Crippen LogP contribution in [-0.4, -0.2) is 57.7 Å². The van der Waals surface area contributed by atoms with E-state index in [4.69, 9.17) is 4.74 Å². The van der Waals surface area contributed by atoms with Crippen LogP contribution in [0.4, 0.5) is 0 Å². The molecular weight excluding hydrogens is 460 g/mol. The van der Waals surface area contributed by atoms with Crippen LogP contribution in [0.1, 0.15) is 17.4 Å². The number of aromatic nitrogens is 2. The van der Waals surface area contributed by atoms with Crippen molar-refractivity contribution in [2.75, 3.05) is 20.3 Å². The lowest BCUT2D eigenvalue weighted by Gasteiger charge is -2.38. The molecule has 0 unspecified atom stereocenters. The van der Waals surface area contributed by atoms with E-state index in [2.05, 4.69) is 10.3 Å². The molecule has 2 N–H and O–H groups in total.